The summed E-state index contributed by atoms with van der Waals surface area (Å²) in [6.45, 7) is 6.95. The van der Waals surface area contributed by atoms with Crippen molar-refractivity contribution in [2.45, 2.75) is 102 Å². The largest absolute Gasteiger partial charge is 0.496 e. The van der Waals surface area contributed by atoms with Gasteiger partial charge in [0, 0.05) is 44.1 Å². The second-order valence-electron chi connectivity index (χ2n) is 17.3. The topological polar surface area (TPSA) is 173 Å². The Balaban J connectivity index is 1.33. The number of allylic oxidation sites excluding steroid dienone is 1. The molecule has 3 aliphatic heterocycles. The summed E-state index contributed by atoms with van der Waals surface area (Å²) in [7, 11) is 1.51. The van der Waals surface area contributed by atoms with Crippen molar-refractivity contribution in [3.63, 3.8) is 0 Å². The second kappa shape index (κ2) is 21.8. The number of nitrogens with zero attached hydrogens (tertiary/aromatic N) is 2. The monoisotopic (exact) mass is 910 g/mol. The van der Waals surface area contributed by atoms with Crippen LogP contribution in [0.1, 0.15) is 98.5 Å². The first kappa shape index (κ1) is 46.9. The zero-order valence-corrected chi connectivity index (χ0v) is 37.9. The molecule has 2 N–H and O–H groups in total. The molecule has 2 fully saturated rings. The van der Waals surface area contributed by atoms with Crippen molar-refractivity contribution >= 4 is 18.1 Å². The molecule has 5 aliphatic rings. The number of aldehydes is 1. The molecule has 8 rings (SSSR count). The van der Waals surface area contributed by atoms with Gasteiger partial charge in [0.25, 0.3) is 0 Å². The van der Waals surface area contributed by atoms with E-state index in [9.17, 15) is 19.8 Å². The Bertz CT molecular complexity index is 2240. The molecule has 1 amide bonds. The maximum absolute atomic E-state index is 14.6. The van der Waals surface area contributed by atoms with Gasteiger partial charge in [-0.15, -0.1) is 6.58 Å². The molecule has 0 bridgehead atoms. The lowest BCUT2D eigenvalue weighted by molar-refractivity contribution is -0.256. The van der Waals surface area contributed by atoms with Crippen LogP contribution in [0, 0.1) is 17.8 Å². The molecular weight excluding hydrogens is 849 g/mol. The molecule has 354 valence electrons. The number of hydrogen-bond acceptors (Lipinski definition) is 14. The van der Waals surface area contributed by atoms with E-state index in [1.165, 1.54) is 7.11 Å². The Morgan fingerprint density at radius 1 is 0.970 bits per heavy atom. The molecule has 7 unspecified atom stereocenters. The van der Waals surface area contributed by atoms with Crippen molar-refractivity contribution < 1.29 is 62.5 Å². The molecule has 0 aromatic heterocycles. The van der Waals surface area contributed by atoms with Crippen LogP contribution < -0.4 is 23.7 Å². The van der Waals surface area contributed by atoms with Crippen LogP contribution in [-0.4, -0.2) is 98.3 Å². The van der Waals surface area contributed by atoms with E-state index in [1.54, 1.807) is 36.1 Å². The molecule has 0 radical (unpaired) electrons. The van der Waals surface area contributed by atoms with Gasteiger partial charge in [-0.05, 0) is 117 Å². The summed E-state index contributed by atoms with van der Waals surface area (Å²) in [5, 5.41) is 25.0. The van der Waals surface area contributed by atoms with Crippen LogP contribution in [0.3, 0.4) is 0 Å². The van der Waals surface area contributed by atoms with Crippen LogP contribution in [0.2, 0.25) is 0 Å². The van der Waals surface area contributed by atoms with E-state index in [0.29, 0.717) is 71.6 Å². The number of oxime groups is 1. The average molecular weight is 911 g/mol. The number of hydrogen-bond donors (Lipinski definition) is 2. The zero-order chi connectivity index (χ0) is 46.0. The summed E-state index contributed by atoms with van der Waals surface area (Å²) >= 11 is 0. The van der Waals surface area contributed by atoms with Crippen LogP contribution in [0.4, 0.5) is 4.79 Å². The molecule has 3 aromatic carbocycles. The predicted molar refractivity (Wildman–Crippen MR) is 243 cm³/mol. The van der Waals surface area contributed by atoms with Crippen LogP contribution in [0.15, 0.2) is 84.1 Å². The van der Waals surface area contributed by atoms with E-state index in [4.69, 9.17) is 47.9 Å². The van der Waals surface area contributed by atoms with Crippen LogP contribution in [-0.2, 0) is 25.6 Å². The number of aliphatic hydroxyl groups is 2. The summed E-state index contributed by atoms with van der Waals surface area (Å²) in [6.07, 6.45) is 10.7. The molecule has 7 atom stereocenters. The molecule has 1 saturated carbocycles. The van der Waals surface area contributed by atoms with Gasteiger partial charge in [0.15, 0.2) is 17.8 Å². The minimum Gasteiger partial charge on any atom is -0.496 e. The second-order valence-corrected chi connectivity index (χ2v) is 17.3. The fourth-order valence-corrected chi connectivity index (χ4v) is 10.4. The fraction of sp³-hybridized carbons (Fsp3) is 0.510. The van der Waals surface area contributed by atoms with Crippen molar-refractivity contribution in [1.29, 1.82) is 0 Å². The molecule has 66 heavy (non-hydrogen) atoms. The van der Waals surface area contributed by atoms with Crippen molar-refractivity contribution in [3.05, 3.63) is 95.6 Å². The van der Waals surface area contributed by atoms with Crippen LogP contribution in [0.5, 0.6) is 34.5 Å². The third-order valence-corrected chi connectivity index (χ3v) is 13.3. The van der Waals surface area contributed by atoms with Gasteiger partial charge < -0.3 is 52.9 Å². The zero-order valence-electron chi connectivity index (χ0n) is 37.9. The molecule has 15 nitrogen and oxygen atoms in total. The predicted octanol–water partition coefficient (Wildman–Crippen LogP) is 8.85. The first-order chi connectivity index (χ1) is 32.3. The Kier molecular flexibility index (Phi) is 15.5. The standard InChI is InChI=1S/C51H62N2O13/c1-4-23-63-51-46(53(50(57)59-5-2)30-33-15-18-44-45(25-33)62-32-61-44)29-41(52-66-47-14-8-11-24-60-47)39-27-34(12-6-9-21-54)38(13-7-10-22-55)48(49(39)51)40-28-37(17-20-43(40)65-51)64-36-16-19-42(58-3)35(26-36)31-56/h4,15-20,25-28,31,34,38,46-49,54-55H,1,5-14,21-24,29-30,32H2,2-3H3. The van der Waals surface area contributed by atoms with Crippen LogP contribution in [0.25, 0.3) is 0 Å². The number of ether oxygens (including phenoxy) is 8. The Hall–Kier alpha value is -5.61. The SMILES string of the molecule is C=CCOC12Oc3ccc(Oc4ccc(OC)c(C=O)c4)cc3C3C(CCCCO)C(CCCCO)C=C(C(=NOC4CCCCO4)CC1N(Cc1ccc4c(c1)OCO4)C(=O)OCC)C32. The highest BCUT2D eigenvalue weighted by Gasteiger charge is 2.66. The van der Waals surface area contributed by atoms with Gasteiger partial charge in [-0.2, -0.15) is 0 Å². The van der Waals surface area contributed by atoms with Gasteiger partial charge in [0.1, 0.15) is 29.0 Å². The lowest BCUT2D eigenvalue weighted by Gasteiger charge is -2.59. The Morgan fingerprint density at radius 2 is 1.76 bits per heavy atom. The van der Waals surface area contributed by atoms with Gasteiger partial charge >= 0.3 is 6.09 Å². The smallest absolute Gasteiger partial charge is 0.410 e. The number of rotatable bonds is 21. The average Bonchev–Trinajstić information content (AvgIpc) is 3.82. The van der Waals surface area contributed by atoms with E-state index in [2.05, 4.69) is 12.7 Å². The molecule has 2 aliphatic carbocycles. The van der Waals surface area contributed by atoms with Crippen molar-refractivity contribution in [1.82, 2.24) is 4.90 Å². The van der Waals surface area contributed by atoms with E-state index in [-0.39, 0.29) is 63.9 Å². The molecular formula is C51H62N2O13. The summed E-state index contributed by atoms with van der Waals surface area (Å²) in [4.78, 5) is 34.6. The number of methoxy groups -OCH3 is 1. The third kappa shape index (κ3) is 9.90. The van der Waals surface area contributed by atoms with Crippen LogP contribution >= 0.6 is 0 Å². The van der Waals surface area contributed by atoms with E-state index < -0.39 is 30.1 Å². The normalized spacial score (nSPS) is 25.4. The number of fused-ring (bicyclic) bond motifs is 3. The Morgan fingerprint density at radius 3 is 2.52 bits per heavy atom. The minimum atomic E-state index is -1.52. The van der Waals surface area contributed by atoms with Crippen molar-refractivity contribution in [2.24, 2.45) is 22.9 Å². The molecule has 3 heterocycles. The molecule has 0 spiro atoms. The lowest BCUT2D eigenvalue weighted by atomic mass is 9.55. The number of unbranched alkanes of at least 4 members (excludes halogenated alkanes) is 2. The van der Waals surface area contributed by atoms with Gasteiger partial charge in [0.05, 0.1) is 44.1 Å². The number of benzene rings is 3. The van der Waals surface area contributed by atoms with E-state index in [0.717, 1.165) is 61.5 Å². The number of amides is 1. The quantitative estimate of drug-likeness (QED) is 0.0450. The fourth-order valence-electron chi connectivity index (χ4n) is 10.4. The summed E-state index contributed by atoms with van der Waals surface area (Å²) in [5.41, 5.74) is 3.53. The highest BCUT2D eigenvalue weighted by atomic mass is 16.8. The lowest BCUT2D eigenvalue weighted by Crippen LogP contribution is -2.70. The van der Waals surface area contributed by atoms with E-state index in [1.807, 2.05) is 36.4 Å². The maximum atomic E-state index is 14.6. The maximum Gasteiger partial charge on any atom is 0.410 e. The number of carbonyl (C=O) groups excluding carboxylic acids is 2. The molecule has 1 saturated heterocycles. The van der Waals surface area contributed by atoms with Crippen molar-refractivity contribution in [3.8, 4) is 34.5 Å². The Labute approximate surface area is 386 Å². The van der Waals surface area contributed by atoms with E-state index >= 15 is 0 Å². The molecule has 3 aromatic rings. The summed E-state index contributed by atoms with van der Waals surface area (Å²) < 4.78 is 49.7. The molecule has 15 heteroatoms. The minimum absolute atomic E-state index is 0.0123. The first-order valence-corrected chi connectivity index (χ1v) is 23.3. The number of aliphatic hydroxyl groups excluding tert-OH is 2. The van der Waals surface area contributed by atoms with Crippen molar-refractivity contribution in [2.75, 3.05) is 46.9 Å². The first-order valence-electron chi connectivity index (χ1n) is 23.3. The van der Waals surface area contributed by atoms with Gasteiger partial charge in [0.2, 0.25) is 18.9 Å². The summed E-state index contributed by atoms with van der Waals surface area (Å²) in [6, 6.07) is 15.6. The highest BCUT2D eigenvalue weighted by Crippen LogP contribution is 2.62. The van der Waals surface area contributed by atoms with Gasteiger partial charge in [-0.25, -0.2) is 4.79 Å². The third-order valence-electron chi connectivity index (χ3n) is 13.3. The highest BCUT2D eigenvalue weighted by molar-refractivity contribution is 6.03. The number of carbonyl (C=O) groups is 2. The van der Waals surface area contributed by atoms with Gasteiger partial charge in [-0.3, -0.25) is 9.69 Å². The van der Waals surface area contributed by atoms with Gasteiger partial charge in [-0.1, -0.05) is 36.2 Å². The summed E-state index contributed by atoms with van der Waals surface area (Å²) in [5.74, 6) is 0.748.